The lowest BCUT2D eigenvalue weighted by atomic mass is 10.0. The normalized spacial score (nSPS) is 12.8. The molecule has 0 bridgehead atoms. The van der Waals surface area contributed by atoms with Crippen LogP contribution in [0, 0.1) is 0 Å². The summed E-state index contributed by atoms with van der Waals surface area (Å²) in [5, 5.41) is 30.3. The van der Waals surface area contributed by atoms with Crippen molar-refractivity contribution in [1.29, 1.82) is 0 Å². The number of rotatable bonds is 15. The zero-order chi connectivity index (χ0) is 34.8. The number of methoxy groups -OCH3 is 1. The molecule has 0 aliphatic heterocycles. The topological polar surface area (TPSA) is 183 Å². The number of esters is 1. The van der Waals surface area contributed by atoms with Gasteiger partial charge in [0.2, 0.25) is 5.76 Å². The van der Waals surface area contributed by atoms with Gasteiger partial charge in [-0.1, -0.05) is 37.6 Å². The predicted octanol–water partition coefficient (Wildman–Crippen LogP) is 6.87. The highest BCUT2D eigenvalue weighted by molar-refractivity contribution is 8.00. The summed E-state index contributed by atoms with van der Waals surface area (Å²) in [4.78, 5) is 47.7. The molecule has 48 heavy (non-hydrogen) atoms. The first-order valence-corrected chi connectivity index (χ1v) is 15.7. The van der Waals surface area contributed by atoms with Gasteiger partial charge in [0.25, 0.3) is 5.95 Å². The van der Waals surface area contributed by atoms with E-state index < -0.39 is 34.9 Å². The lowest BCUT2D eigenvalue weighted by Gasteiger charge is -2.18. The van der Waals surface area contributed by atoms with Crippen LogP contribution in [-0.2, 0) is 11.2 Å². The van der Waals surface area contributed by atoms with Crippen LogP contribution >= 0.6 is 11.8 Å². The van der Waals surface area contributed by atoms with Gasteiger partial charge in [-0.2, -0.15) is 0 Å². The molecule has 13 heteroatoms. The van der Waals surface area contributed by atoms with E-state index in [2.05, 4.69) is 9.47 Å². The molecule has 4 aromatic rings. The Morgan fingerprint density at radius 2 is 1.88 bits per heavy atom. The van der Waals surface area contributed by atoms with Gasteiger partial charge in [-0.3, -0.25) is 9.59 Å². The van der Waals surface area contributed by atoms with Crippen LogP contribution in [0.1, 0.15) is 64.8 Å². The number of ether oxygens (including phenoxy) is 3. The lowest BCUT2D eigenvalue weighted by molar-refractivity contribution is 0.0564. The second-order valence-corrected chi connectivity index (χ2v) is 11.7. The molecule has 2 aromatic carbocycles. The van der Waals surface area contributed by atoms with Gasteiger partial charge in [0.15, 0.2) is 11.2 Å². The molecule has 252 valence electrons. The first-order chi connectivity index (χ1) is 23.0. The van der Waals surface area contributed by atoms with Gasteiger partial charge in [0.05, 0.1) is 48.3 Å². The van der Waals surface area contributed by atoms with Crippen molar-refractivity contribution in [1.82, 2.24) is 0 Å². The molecule has 0 unspecified atom stereocenters. The molecule has 0 aliphatic carbocycles. The molecule has 0 spiro atoms. The van der Waals surface area contributed by atoms with E-state index in [1.807, 2.05) is 13.0 Å². The number of hydrogen-bond donors (Lipinski definition) is 3. The van der Waals surface area contributed by atoms with Gasteiger partial charge in [-0.15, -0.1) is 11.8 Å². The number of aliphatic hydroxyl groups excluding tert-OH is 1. The fraction of sp³-hybridized carbons (Fsp3) is 0.257. The molecule has 2 atom stereocenters. The van der Waals surface area contributed by atoms with Crippen LogP contribution < -0.4 is 14.9 Å². The Hall–Kier alpha value is -5.27. The van der Waals surface area contributed by atoms with Crippen molar-refractivity contribution in [3.05, 3.63) is 106 Å². The second kappa shape index (κ2) is 16.5. The average Bonchev–Trinajstić information content (AvgIpc) is 3.54. The number of carboxylic acid groups (broad SMARTS) is 1. The molecular formula is C35H34O12S. The Morgan fingerprint density at radius 1 is 1.08 bits per heavy atom. The fourth-order valence-corrected chi connectivity index (χ4v) is 5.80. The van der Waals surface area contributed by atoms with Gasteiger partial charge in [0, 0.05) is 16.0 Å². The first kappa shape index (κ1) is 35.6. The minimum absolute atomic E-state index is 0.0543. The van der Waals surface area contributed by atoms with Crippen molar-refractivity contribution in [3.8, 4) is 17.4 Å². The largest absolute Gasteiger partial charge is 0.513 e. The van der Waals surface area contributed by atoms with Crippen LogP contribution in [0.4, 0.5) is 4.79 Å². The van der Waals surface area contributed by atoms with Crippen molar-refractivity contribution in [3.63, 3.8) is 0 Å². The highest BCUT2D eigenvalue weighted by Gasteiger charge is 2.24. The quantitative estimate of drug-likeness (QED) is 0.0390. The van der Waals surface area contributed by atoms with Crippen LogP contribution in [0.15, 0.2) is 91.6 Å². The van der Waals surface area contributed by atoms with E-state index in [0.29, 0.717) is 41.2 Å². The molecule has 3 N–H and O–H groups in total. The first-order valence-electron chi connectivity index (χ1n) is 14.8. The standard InChI is InChI=1S/C35H34O12S/c1-4-9-25-27(14-13-23(20(2)36)33(25)39)44-15-8-6-5-7-10-30(32(38)21-16-29(45-19-21)34(40)43-3)48-22-11-12-24-26(37)18-31(47-35(41)42)46-28(24)17-22/h5-7,10-14,16-19,30,32,38-39H,4,8-9,15H2,1-3H3,(H,41,42)/b6-5-,10-7+/t30-,32+/m0/s1. The smallest absolute Gasteiger partial charge is 0.507 e. The molecule has 4 rings (SSSR count). The zero-order valence-corrected chi connectivity index (χ0v) is 27.2. The van der Waals surface area contributed by atoms with Crippen LogP contribution in [0.2, 0.25) is 0 Å². The van der Waals surface area contributed by atoms with Crippen molar-refractivity contribution >= 4 is 40.6 Å². The van der Waals surface area contributed by atoms with Crippen LogP contribution in [-0.4, -0.2) is 52.2 Å². The Kier molecular flexibility index (Phi) is 12.2. The Morgan fingerprint density at radius 3 is 2.58 bits per heavy atom. The van der Waals surface area contributed by atoms with Crippen LogP contribution in [0.5, 0.6) is 17.4 Å². The maximum Gasteiger partial charge on any atom is 0.513 e. The number of aromatic hydroxyl groups is 1. The summed E-state index contributed by atoms with van der Waals surface area (Å²) >= 11 is 1.21. The predicted molar refractivity (Wildman–Crippen MR) is 176 cm³/mol. The number of phenolic OH excluding ortho intramolecular Hbond substituents is 1. The number of thioether (sulfide) groups is 1. The molecule has 2 aromatic heterocycles. The van der Waals surface area contributed by atoms with Crippen molar-refractivity contribution in [2.24, 2.45) is 0 Å². The third kappa shape index (κ3) is 8.96. The maximum atomic E-state index is 12.4. The molecule has 12 nitrogen and oxygen atoms in total. The third-order valence-electron chi connectivity index (χ3n) is 7.01. The van der Waals surface area contributed by atoms with Gasteiger partial charge in [-0.05, 0) is 56.2 Å². The van der Waals surface area contributed by atoms with E-state index in [4.69, 9.17) is 18.7 Å². The summed E-state index contributed by atoms with van der Waals surface area (Å²) in [6.07, 6.45) is 7.40. The highest BCUT2D eigenvalue weighted by atomic mass is 32.2. The number of furan rings is 1. The van der Waals surface area contributed by atoms with Gasteiger partial charge in [0.1, 0.15) is 17.1 Å². The number of ketones is 1. The maximum absolute atomic E-state index is 12.4. The Labute approximate surface area is 279 Å². The van der Waals surface area contributed by atoms with E-state index >= 15 is 0 Å². The summed E-state index contributed by atoms with van der Waals surface area (Å²) in [7, 11) is 1.21. The number of benzene rings is 2. The molecule has 0 fully saturated rings. The molecule has 0 amide bonds. The highest BCUT2D eigenvalue weighted by Crippen LogP contribution is 2.36. The SMILES string of the molecule is CCCc1c(OCC/C=C\C=C\[C@H](Sc2ccc3c(=O)cc(OC(=O)O)oc3c2)[C@H](O)c2coc(C(=O)OC)c2)ccc(C(C)=O)c1O. The molecule has 0 saturated carbocycles. The zero-order valence-electron chi connectivity index (χ0n) is 26.3. The number of allylic oxidation sites excluding steroid dienone is 2. The molecule has 0 saturated heterocycles. The monoisotopic (exact) mass is 678 g/mol. The van der Waals surface area contributed by atoms with E-state index in [0.717, 1.165) is 12.5 Å². The van der Waals surface area contributed by atoms with Crippen molar-refractivity contribution in [2.45, 2.75) is 49.4 Å². The van der Waals surface area contributed by atoms with E-state index in [1.165, 1.54) is 50.3 Å². The summed E-state index contributed by atoms with van der Waals surface area (Å²) in [6, 6.07) is 10.3. The average molecular weight is 679 g/mol. The van der Waals surface area contributed by atoms with Gasteiger partial charge < -0.3 is 38.4 Å². The number of carbonyl (C=O) groups excluding carboxylic acids is 2. The Balaban J connectivity index is 1.51. The summed E-state index contributed by atoms with van der Waals surface area (Å²) < 4.78 is 25.8. The minimum atomic E-state index is -1.63. The fourth-order valence-electron chi connectivity index (χ4n) is 4.71. The van der Waals surface area contributed by atoms with E-state index in [-0.39, 0.29) is 33.8 Å². The number of fused-ring (bicyclic) bond motifs is 1. The number of hydrogen-bond acceptors (Lipinski definition) is 12. The number of aliphatic hydroxyl groups is 1. The summed E-state index contributed by atoms with van der Waals surface area (Å²) in [5.41, 5.74) is 0.767. The number of phenols is 1. The number of carbonyl (C=O) groups is 3. The second-order valence-electron chi connectivity index (χ2n) is 10.4. The van der Waals surface area contributed by atoms with E-state index in [9.17, 15) is 29.4 Å². The third-order valence-corrected chi connectivity index (χ3v) is 8.22. The molecule has 0 radical (unpaired) electrons. The van der Waals surface area contributed by atoms with Gasteiger partial charge in [-0.25, -0.2) is 9.59 Å². The van der Waals surface area contributed by atoms with Crippen LogP contribution in [0.25, 0.3) is 11.0 Å². The minimum Gasteiger partial charge on any atom is -0.507 e. The Bertz CT molecular complexity index is 1900. The molecule has 2 heterocycles. The van der Waals surface area contributed by atoms with Crippen molar-refractivity contribution in [2.75, 3.05) is 13.7 Å². The molecule has 0 aliphatic rings. The molecular weight excluding hydrogens is 644 g/mol. The van der Waals surface area contributed by atoms with E-state index in [1.54, 1.807) is 36.4 Å². The number of Topliss-reactive ketones (excluding diaryl/α,β-unsaturated/α-hetero) is 1. The summed E-state index contributed by atoms with van der Waals surface area (Å²) in [6.45, 7) is 3.68. The summed E-state index contributed by atoms with van der Waals surface area (Å²) in [5.74, 6) is -1.02. The van der Waals surface area contributed by atoms with Crippen molar-refractivity contribution < 1.29 is 52.7 Å². The van der Waals surface area contributed by atoms with Gasteiger partial charge >= 0.3 is 12.1 Å². The van der Waals surface area contributed by atoms with Crippen LogP contribution in [0.3, 0.4) is 0 Å². The lowest BCUT2D eigenvalue weighted by Crippen LogP contribution is -2.12.